The van der Waals surface area contributed by atoms with Crippen LogP contribution < -0.4 is 5.73 Å². The first-order valence-corrected chi connectivity index (χ1v) is 6.55. The van der Waals surface area contributed by atoms with E-state index in [-0.39, 0.29) is 29.7 Å². The fourth-order valence-corrected chi connectivity index (χ4v) is 2.46. The fraction of sp³-hybridized carbons (Fsp3) is 0.429. The molecule has 1 aliphatic heterocycles. The van der Waals surface area contributed by atoms with Crippen LogP contribution in [0.25, 0.3) is 0 Å². The summed E-state index contributed by atoms with van der Waals surface area (Å²) in [7, 11) is 0. The van der Waals surface area contributed by atoms with Crippen LogP contribution in [0.3, 0.4) is 0 Å². The fourth-order valence-electron chi connectivity index (χ4n) is 2.46. The summed E-state index contributed by atoms with van der Waals surface area (Å²) in [6.45, 7) is 1.56. The van der Waals surface area contributed by atoms with E-state index in [9.17, 15) is 22.8 Å². The van der Waals surface area contributed by atoms with Crippen molar-refractivity contribution in [2.45, 2.75) is 38.4 Å². The molecule has 0 saturated carbocycles. The van der Waals surface area contributed by atoms with Gasteiger partial charge in [-0.05, 0) is 31.9 Å². The molecule has 21 heavy (non-hydrogen) atoms. The average molecular weight is 300 g/mol. The molecule has 1 aromatic carbocycles. The lowest BCUT2D eigenvalue weighted by atomic mass is 10.1. The van der Waals surface area contributed by atoms with Gasteiger partial charge in [-0.15, -0.1) is 0 Å². The number of hydrogen-bond donors (Lipinski definition) is 1. The van der Waals surface area contributed by atoms with Crippen LogP contribution in [0.15, 0.2) is 18.2 Å². The van der Waals surface area contributed by atoms with Crippen molar-refractivity contribution in [1.82, 2.24) is 4.90 Å². The van der Waals surface area contributed by atoms with Crippen molar-refractivity contribution in [3.63, 3.8) is 0 Å². The maximum Gasteiger partial charge on any atom is 0.389 e. The van der Waals surface area contributed by atoms with Gasteiger partial charge in [-0.3, -0.25) is 14.5 Å². The van der Waals surface area contributed by atoms with Gasteiger partial charge in [-0.2, -0.15) is 13.2 Å². The largest absolute Gasteiger partial charge is 0.398 e. The van der Waals surface area contributed by atoms with Crippen molar-refractivity contribution in [2.75, 3.05) is 5.73 Å². The number of carbonyl (C=O) groups is 2. The van der Waals surface area contributed by atoms with Gasteiger partial charge < -0.3 is 5.73 Å². The van der Waals surface area contributed by atoms with Crippen molar-refractivity contribution < 1.29 is 22.8 Å². The zero-order valence-corrected chi connectivity index (χ0v) is 11.4. The lowest BCUT2D eigenvalue weighted by Crippen LogP contribution is -2.38. The molecule has 0 aliphatic carbocycles. The second kappa shape index (κ2) is 5.38. The molecule has 0 bridgehead atoms. The van der Waals surface area contributed by atoms with Gasteiger partial charge in [0.1, 0.15) is 0 Å². The minimum absolute atomic E-state index is 0.102. The van der Waals surface area contributed by atoms with Crippen LogP contribution in [0.2, 0.25) is 0 Å². The second-order valence-corrected chi connectivity index (χ2v) is 5.11. The monoisotopic (exact) mass is 300 g/mol. The Morgan fingerprint density at radius 3 is 2.48 bits per heavy atom. The number of imide groups is 1. The zero-order valence-electron chi connectivity index (χ0n) is 11.4. The number of benzene rings is 1. The molecule has 1 unspecified atom stereocenters. The molecule has 2 rings (SSSR count). The predicted molar refractivity (Wildman–Crippen MR) is 70.7 cm³/mol. The van der Waals surface area contributed by atoms with Crippen LogP contribution in [-0.2, 0) is 0 Å². The molecule has 4 nitrogen and oxygen atoms in total. The number of halogens is 3. The summed E-state index contributed by atoms with van der Waals surface area (Å²) >= 11 is 0. The smallest absolute Gasteiger partial charge is 0.389 e. The van der Waals surface area contributed by atoms with E-state index < -0.39 is 30.5 Å². The van der Waals surface area contributed by atoms with E-state index in [0.29, 0.717) is 0 Å². The summed E-state index contributed by atoms with van der Waals surface area (Å²) in [5.41, 5.74) is 6.25. The van der Waals surface area contributed by atoms with Crippen molar-refractivity contribution >= 4 is 17.5 Å². The molecule has 0 spiro atoms. The second-order valence-electron chi connectivity index (χ2n) is 5.11. The van der Waals surface area contributed by atoms with Crippen LogP contribution in [0.1, 0.15) is 46.9 Å². The molecule has 0 radical (unpaired) electrons. The molecule has 1 aromatic rings. The maximum atomic E-state index is 12.2. The van der Waals surface area contributed by atoms with Crippen LogP contribution in [0.5, 0.6) is 0 Å². The number of fused-ring (bicyclic) bond motifs is 1. The summed E-state index contributed by atoms with van der Waals surface area (Å²) in [5, 5.41) is 0. The molecular formula is C14H15F3N2O2. The Morgan fingerprint density at radius 1 is 1.24 bits per heavy atom. The number of amides is 2. The Labute approximate surface area is 119 Å². The van der Waals surface area contributed by atoms with Gasteiger partial charge in [0.2, 0.25) is 0 Å². The first-order valence-electron chi connectivity index (χ1n) is 6.55. The molecule has 1 heterocycles. The highest BCUT2D eigenvalue weighted by Crippen LogP contribution is 2.31. The topological polar surface area (TPSA) is 63.4 Å². The molecule has 1 atom stereocenters. The van der Waals surface area contributed by atoms with Gasteiger partial charge in [-0.25, -0.2) is 0 Å². The molecule has 2 amide bonds. The van der Waals surface area contributed by atoms with Crippen molar-refractivity contribution in [2.24, 2.45) is 0 Å². The van der Waals surface area contributed by atoms with Crippen LogP contribution in [0, 0.1) is 0 Å². The lowest BCUT2D eigenvalue weighted by Gasteiger charge is -2.22. The minimum atomic E-state index is -4.23. The van der Waals surface area contributed by atoms with Crippen LogP contribution >= 0.6 is 0 Å². The minimum Gasteiger partial charge on any atom is -0.398 e. The maximum absolute atomic E-state index is 12.2. The molecule has 0 saturated heterocycles. The van der Waals surface area contributed by atoms with Crippen molar-refractivity contribution in [3.8, 4) is 0 Å². The van der Waals surface area contributed by atoms with Gasteiger partial charge in [0.05, 0.1) is 11.1 Å². The van der Waals surface area contributed by atoms with E-state index in [1.165, 1.54) is 12.1 Å². The third-order valence-electron chi connectivity index (χ3n) is 3.50. The lowest BCUT2D eigenvalue weighted by molar-refractivity contribution is -0.135. The summed E-state index contributed by atoms with van der Waals surface area (Å²) in [4.78, 5) is 25.4. The van der Waals surface area contributed by atoms with Crippen molar-refractivity contribution in [1.29, 1.82) is 0 Å². The van der Waals surface area contributed by atoms with E-state index in [1.807, 2.05) is 0 Å². The third-order valence-corrected chi connectivity index (χ3v) is 3.50. The highest BCUT2D eigenvalue weighted by molar-refractivity contribution is 6.23. The van der Waals surface area contributed by atoms with E-state index in [0.717, 1.165) is 4.90 Å². The van der Waals surface area contributed by atoms with E-state index in [1.54, 1.807) is 13.0 Å². The highest BCUT2D eigenvalue weighted by Gasteiger charge is 2.39. The number of nitrogens with zero attached hydrogens (tertiary/aromatic N) is 1. The summed E-state index contributed by atoms with van der Waals surface area (Å²) in [6.07, 6.45) is -5.19. The molecule has 1 aliphatic rings. The Hall–Kier alpha value is -2.05. The number of alkyl halides is 3. The summed E-state index contributed by atoms with van der Waals surface area (Å²) < 4.78 is 36.4. The Morgan fingerprint density at radius 2 is 1.90 bits per heavy atom. The SMILES string of the molecule is CC(CCCC(F)(F)F)N1C(=O)c2cccc(N)c2C1=O. The first-order chi connectivity index (χ1) is 9.72. The van der Waals surface area contributed by atoms with Gasteiger partial charge in [0.15, 0.2) is 0 Å². The van der Waals surface area contributed by atoms with Gasteiger partial charge in [0.25, 0.3) is 11.8 Å². The number of nitrogens with two attached hydrogens (primary N) is 1. The normalized spacial score (nSPS) is 16.3. The Balaban J connectivity index is 2.11. The van der Waals surface area contributed by atoms with E-state index in [2.05, 4.69) is 0 Å². The highest BCUT2D eigenvalue weighted by atomic mass is 19.4. The number of hydrogen-bond acceptors (Lipinski definition) is 3. The van der Waals surface area contributed by atoms with Crippen molar-refractivity contribution in [3.05, 3.63) is 29.3 Å². The predicted octanol–water partition coefficient (Wildman–Crippen LogP) is 2.99. The van der Waals surface area contributed by atoms with Gasteiger partial charge >= 0.3 is 6.18 Å². The molecule has 0 aromatic heterocycles. The summed E-state index contributed by atoms with van der Waals surface area (Å²) in [5.74, 6) is -1.03. The van der Waals surface area contributed by atoms with E-state index >= 15 is 0 Å². The van der Waals surface area contributed by atoms with Crippen LogP contribution in [0.4, 0.5) is 18.9 Å². The molecule has 2 N–H and O–H groups in total. The standard InChI is InChI=1S/C14H15F3N2O2/c1-8(4-3-7-14(15,16)17)19-12(20)9-5-2-6-10(18)11(9)13(19)21/h2,5-6,8H,3-4,7,18H2,1H3. The Kier molecular flexibility index (Phi) is 3.93. The third kappa shape index (κ3) is 3.01. The molecule has 7 heteroatoms. The molecule has 114 valence electrons. The number of rotatable bonds is 4. The molecule has 0 fully saturated rings. The number of carbonyl (C=O) groups excluding carboxylic acids is 2. The Bertz CT molecular complexity index is 584. The van der Waals surface area contributed by atoms with E-state index in [4.69, 9.17) is 5.73 Å². The zero-order chi connectivity index (χ0) is 15.8. The molecular weight excluding hydrogens is 285 g/mol. The number of anilines is 1. The van der Waals surface area contributed by atoms with Gasteiger partial charge in [-0.1, -0.05) is 6.07 Å². The van der Waals surface area contributed by atoms with Crippen LogP contribution in [-0.4, -0.2) is 28.9 Å². The summed E-state index contributed by atoms with van der Waals surface area (Å²) in [6, 6.07) is 3.98. The van der Waals surface area contributed by atoms with Gasteiger partial charge in [0, 0.05) is 18.2 Å². The quantitative estimate of drug-likeness (QED) is 0.687. The first kappa shape index (κ1) is 15.3. The number of nitrogen functional groups attached to an aromatic ring is 1. The average Bonchev–Trinajstić information content (AvgIpc) is 2.61.